The summed E-state index contributed by atoms with van der Waals surface area (Å²) < 4.78 is 4.94. The van der Waals surface area contributed by atoms with Crippen molar-refractivity contribution in [2.24, 2.45) is 0 Å². The summed E-state index contributed by atoms with van der Waals surface area (Å²) in [5.74, 6) is -1.57. The number of nitrogens with zero attached hydrogens (tertiary/aromatic N) is 1. The van der Waals surface area contributed by atoms with E-state index in [4.69, 9.17) is 4.74 Å². The Morgan fingerprint density at radius 3 is 2.67 bits per heavy atom. The summed E-state index contributed by atoms with van der Waals surface area (Å²) in [6.45, 7) is 5.53. The fourth-order valence-electron chi connectivity index (χ4n) is 1.26. The average molecular weight is 250 g/mol. The first-order valence-corrected chi connectivity index (χ1v) is 5.78. The molecule has 0 aliphatic carbocycles. The number of pyridine rings is 1. The molecule has 1 amide bonds. The van der Waals surface area contributed by atoms with Crippen molar-refractivity contribution >= 4 is 11.9 Å². The van der Waals surface area contributed by atoms with Crippen molar-refractivity contribution in [1.29, 1.82) is 0 Å². The largest absolute Gasteiger partial charge is 0.453 e. The molecule has 0 unspecified atom stereocenters. The smallest absolute Gasteiger partial charge is 0.397 e. The number of amides is 1. The Morgan fingerprint density at radius 1 is 1.39 bits per heavy atom. The van der Waals surface area contributed by atoms with Crippen LogP contribution in [0.4, 0.5) is 0 Å². The van der Waals surface area contributed by atoms with Gasteiger partial charge in [0.05, 0.1) is 0 Å². The first-order valence-electron chi connectivity index (χ1n) is 5.78. The van der Waals surface area contributed by atoms with Gasteiger partial charge in [-0.25, -0.2) is 4.79 Å². The van der Waals surface area contributed by atoms with Gasteiger partial charge in [-0.15, -0.1) is 0 Å². The summed E-state index contributed by atoms with van der Waals surface area (Å²) in [5, 5.41) is 2.51. The zero-order chi connectivity index (χ0) is 13.6. The van der Waals surface area contributed by atoms with Crippen LogP contribution in [0, 0.1) is 0 Å². The highest BCUT2D eigenvalue weighted by Crippen LogP contribution is 2.06. The zero-order valence-electron chi connectivity index (χ0n) is 10.9. The predicted molar refractivity (Wildman–Crippen MR) is 66.8 cm³/mol. The molecule has 98 valence electrons. The van der Waals surface area contributed by atoms with Crippen LogP contribution >= 0.6 is 0 Å². The fraction of sp³-hybridized carbons (Fsp3) is 0.462. The van der Waals surface area contributed by atoms with Crippen LogP contribution in [0.15, 0.2) is 24.5 Å². The number of rotatable bonds is 3. The molecular formula is C13H18N2O3. The Kier molecular flexibility index (Phi) is 4.83. The van der Waals surface area contributed by atoms with E-state index in [1.165, 1.54) is 0 Å². The normalized spacial score (nSPS) is 10.8. The van der Waals surface area contributed by atoms with Crippen LogP contribution in [0.2, 0.25) is 0 Å². The summed E-state index contributed by atoms with van der Waals surface area (Å²) in [4.78, 5) is 26.7. The Hall–Kier alpha value is -1.91. The molecule has 0 aliphatic heterocycles. The topological polar surface area (TPSA) is 68.3 Å². The molecule has 0 radical (unpaired) electrons. The molecular weight excluding hydrogens is 232 g/mol. The highest BCUT2D eigenvalue weighted by Gasteiger charge is 2.22. The lowest BCUT2D eigenvalue weighted by molar-refractivity contribution is -0.163. The van der Waals surface area contributed by atoms with Crippen LogP contribution in [0.1, 0.15) is 26.3 Å². The molecule has 18 heavy (non-hydrogen) atoms. The first-order chi connectivity index (χ1) is 8.38. The minimum absolute atomic E-state index is 0.379. The quantitative estimate of drug-likeness (QED) is 0.644. The average Bonchev–Trinajstić information content (AvgIpc) is 2.28. The number of hydrogen-bond donors (Lipinski definition) is 1. The van der Waals surface area contributed by atoms with Gasteiger partial charge < -0.3 is 10.1 Å². The van der Waals surface area contributed by atoms with Gasteiger partial charge in [-0.05, 0) is 38.8 Å². The van der Waals surface area contributed by atoms with E-state index in [1.807, 2.05) is 12.1 Å². The molecule has 0 bridgehead atoms. The Balaban J connectivity index is 2.31. The molecule has 5 nitrogen and oxygen atoms in total. The second kappa shape index (κ2) is 6.14. The molecule has 1 N–H and O–H groups in total. The van der Waals surface area contributed by atoms with Crippen LogP contribution in [0.3, 0.4) is 0 Å². The molecule has 1 aromatic rings. The fourth-order valence-corrected chi connectivity index (χ4v) is 1.26. The third-order valence-corrected chi connectivity index (χ3v) is 2.01. The SMILES string of the molecule is CC(C)(C)OC(=O)C(=O)NCCc1cccnc1. The number of nitrogens with one attached hydrogen (secondary N) is 1. The minimum Gasteiger partial charge on any atom is -0.453 e. The van der Waals surface area contributed by atoms with Crippen molar-refractivity contribution in [3.63, 3.8) is 0 Å². The van der Waals surface area contributed by atoms with Crippen molar-refractivity contribution in [3.05, 3.63) is 30.1 Å². The highest BCUT2D eigenvalue weighted by atomic mass is 16.6. The lowest BCUT2D eigenvalue weighted by Gasteiger charge is -2.18. The van der Waals surface area contributed by atoms with Gasteiger partial charge in [0.15, 0.2) is 0 Å². The molecule has 0 fully saturated rings. The van der Waals surface area contributed by atoms with E-state index in [0.29, 0.717) is 13.0 Å². The lowest BCUT2D eigenvalue weighted by Crippen LogP contribution is -2.37. The maximum absolute atomic E-state index is 11.4. The standard InChI is InChI=1S/C13H18N2O3/c1-13(2,3)18-12(17)11(16)15-8-6-10-5-4-7-14-9-10/h4-5,7,9H,6,8H2,1-3H3,(H,15,16). The van der Waals surface area contributed by atoms with Gasteiger partial charge >= 0.3 is 11.9 Å². The predicted octanol–water partition coefficient (Wildman–Crippen LogP) is 1.08. The van der Waals surface area contributed by atoms with Crippen LogP contribution < -0.4 is 5.32 Å². The molecule has 0 atom stereocenters. The summed E-state index contributed by atoms with van der Waals surface area (Å²) in [5.41, 5.74) is 0.347. The van der Waals surface area contributed by atoms with Gasteiger partial charge in [-0.2, -0.15) is 0 Å². The number of aromatic nitrogens is 1. The Morgan fingerprint density at radius 2 is 2.11 bits per heavy atom. The number of esters is 1. The number of hydrogen-bond acceptors (Lipinski definition) is 4. The van der Waals surface area contributed by atoms with Crippen molar-refractivity contribution in [3.8, 4) is 0 Å². The van der Waals surface area contributed by atoms with Crippen LogP contribution in [-0.4, -0.2) is 29.0 Å². The summed E-state index contributed by atoms with van der Waals surface area (Å²) in [6, 6.07) is 3.73. The molecule has 1 aromatic heterocycles. The maximum atomic E-state index is 11.4. The molecule has 0 spiro atoms. The van der Waals surface area contributed by atoms with E-state index < -0.39 is 17.5 Å². The monoisotopic (exact) mass is 250 g/mol. The molecule has 0 saturated heterocycles. The van der Waals surface area contributed by atoms with Gasteiger partial charge in [-0.1, -0.05) is 6.07 Å². The third kappa shape index (κ3) is 5.43. The molecule has 0 aliphatic rings. The lowest BCUT2D eigenvalue weighted by atomic mass is 10.2. The van der Waals surface area contributed by atoms with E-state index >= 15 is 0 Å². The van der Waals surface area contributed by atoms with Gasteiger partial charge in [-0.3, -0.25) is 9.78 Å². The van der Waals surface area contributed by atoms with Gasteiger partial charge in [0, 0.05) is 18.9 Å². The summed E-state index contributed by atoms with van der Waals surface area (Å²) in [7, 11) is 0. The zero-order valence-corrected chi connectivity index (χ0v) is 10.9. The molecule has 0 aromatic carbocycles. The van der Waals surface area contributed by atoms with Crippen molar-refractivity contribution in [2.75, 3.05) is 6.54 Å². The van der Waals surface area contributed by atoms with E-state index in [0.717, 1.165) is 5.56 Å². The van der Waals surface area contributed by atoms with E-state index in [1.54, 1.807) is 33.2 Å². The van der Waals surface area contributed by atoms with Crippen molar-refractivity contribution in [2.45, 2.75) is 32.8 Å². The maximum Gasteiger partial charge on any atom is 0.397 e. The molecule has 1 heterocycles. The number of carbonyl (C=O) groups excluding carboxylic acids is 2. The Bertz CT molecular complexity index is 410. The number of carbonyl (C=O) groups is 2. The molecule has 1 rings (SSSR count). The van der Waals surface area contributed by atoms with Gasteiger partial charge in [0.1, 0.15) is 5.60 Å². The molecule has 5 heteroatoms. The minimum atomic E-state index is -0.853. The van der Waals surface area contributed by atoms with E-state index in [2.05, 4.69) is 10.3 Å². The third-order valence-electron chi connectivity index (χ3n) is 2.01. The van der Waals surface area contributed by atoms with E-state index in [9.17, 15) is 9.59 Å². The van der Waals surface area contributed by atoms with Crippen LogP contribution in [0.25, 0.3) is 0 Å². The second-order valence-electron chi connectivity index (χ2n) is 4.87. The summed E-state index contributed by atoms with van der Waals surface area (Å²) >= 11 is 0. The number of ether oxygens (including phenoxy) is 1. The second-order valence-corrected chi connectivity index (χ2v) is 4.87. The first kappa shape index (κ1) is 14.2. The van der Waals surface area contributed by atoms with Crippen molar-refractivity contribution < 1.29 is 14.3 Å². The van der Waals surface area contributed by atoms with Crippen LogP contribution in [-0.2, 0) is 20.7 Å². The van der Waals surface area contributed by atoms with Crippen LogP contribution in [0.5, 0.6) is 0 Å². The van der Waals surface area contributed by atoms with E-state index in [-0.39, 0.29) is 0 Å². The van der Waals surface area contributed by atoms with Crippen molar-refractivity contribution in [1.82, 2.24) is 10.3 Å². The Labute approximate surface area is 107 Å². The van der Waals surface area contributed by atoms with Gasteiger partial charge in [0.2, 0.25) is 0 Å². The highest BCUT2D eigenvalue weighted by molar-refractivity contribution is 6.32. The van der Waals surface area contributed by atoms with Gasteiger partial charge in [0.25, 0.3) is 0 Å². The summed E-state index contributed by atoms with van der Waals surface area (Å²) in [6.07, 6.45) is 4.03. The molecule has 0 saturated carbocycles.